The first kappa shape index (κ1) is 24.4. The van der Waals surface area contributed by atoms with E-state index in [0.717, 1.165) is 0 Å². The highest BCUT2D eigenvalue weighted by Gasteiger charge is 2.48. The van der Waals surface area contributed by atoms with Crippen LogP contribution in [-0.2, 0) is 28.6 Å². The van der Waals surface area contributed by atoms with Crippen LogP contribution in [0.5, 0.6) is 0 Å². The molecular weight excluding hydrogens is 454 g/mol. The van der Waals surface area contributed by atoms with Gasteiger partial charge in [0.15, 0.2) is 11.2 Å². The number of carbonyl (C=O) groups is 3. The molecule has 9 heteroatoms. The van der Waals surface area contributed by atoms with E-state index in [1.807, 2.05) is 0 Å². The second kappa shape index (κ2) is 9.87. The highest BCUT2D eigenvalue weighted by atomic mass is 16.6. The highest BCUT2D eigenvalue weighted by molar-refractivity contribution is 6.12. The molecule has 2 aromatic rings. The number of allylic oxidation sites excluding steroid dienone is 3. The highest BCUT2D eigenvalue weighted by Crippen LogP contribution is 2.45. The third-order valence-corrected chi connectivity index (χ3v) is 6.50. The monoisotopic (exact) mass is 481 g/mol. The van der Waals surface area contributed by atoms with Crippen LogP contribution in [0.25, 0.3) is 11.0 Å². The fourth-order valence-corrected chi connectivity index (χ4v) is 4.85. The van der Waals surface area contributed by atoms with Crippen LogP contribution in [0.2, 0.25) is 0 Å². The lowest BCUT2D eigenvalue weighted by Gasteiger charge is -2.37. The Hall–Kier alpha value is -3.72. The van der Waals surface area contributed by atoms with E-state index < -0.39 is 29.6 Å². The number of esters is 2. The zero-order valence-corrected chi connectivity index (χ0v) is 20.0. The van der Waals surface area contributed by atoms with Crippen LogP contribution < -0.4 is 10.7 Å². The van der Waals surface area contributed by atoms with E-state index in [1.54, 1.807) is 38.1 Å². The van der Waals surface area contributed by atoms with E-state index in [4.69, 9.17) is 18.6 Å². The minimum Gasteiger partial charge on any atom is -0.468 e. The molecule has 0 spiro atoms. The van der Waals surface area contributed by atoms with Crippen molar-refractivity contribution in [2.75, 3.05) is 27.4 Å². The summed E-state index contributed by atoms with van der Waals surface area (Å²) in [4.78, 5) is 53.1. The van der Waals surface area contributed by atoms with Gasteiger partial charge in [-0.25, -0.2) is 4.79 Å². The van der Waals surface area contributed by atoms with Crippen LogP contribution in [0, 0.1) is 11.8 Å². The smallest absolute Gasteiger partial charge is 0.336 e. The van der Waals surface area contributed by atoms with Gasteiger partial charge in [0.2, 0.25) is 0 Å². The number of nitrogens with one attached hydrogen (secondary N) is 1. The largest absolute Gasteiger partial charge is 0.468 e. The number of methoxy groups -OCH3 is 2. The first-order chi connectivity index (χ1) is 16.8. The second-order valence-corrected chi connectivity index (χ2v) is 8.68. The topological polar surface area (TPSA) is 121 Å². The van der Waals surface area contributed by atoms with Crippen LogP contribution in [0.15, 0.2) is 62.3 Å². The minimum atomic E-state index is -1.07. The number of para-hydroxylation sites is 1. The van der Waals surface area contributed by atoms with Gasteiger partial charge in [-0.2, -0.15) is 0 Å². The zero-order valence-electron chi connectivity index (χ0n) is 20.0. The number of fused-ring (bicyclic) bond motifs is 1. The normalized spacial score (nSPS) is 22.1. The molecule has 184 valence electrons. The van der Waals surface area contributed by atoms with Gasteiger partial charge in [-0.1, -0.05) is 19.1 Å². The van der Waals surface area contributed by atoms with Gasteiger partial charge in [-0.3, -0.25) is 14.4 Å². The van der Waals surface area contributed by atoms with Crippen LogP contribution in [0.4, 0.5) is 0 Å². The van der Waals surface area contributed by atoms with Crippen molar-refractivity contribution in [3.8, 4) is 0 Å². The predicted molar refractivity (Wildman–Crippen MR) is 125 cm³/mol. The summed E-state index contributed by atoms with van der Waals surface area (Å²) in [6.45, 7) is 3.65. The van der Waals surface area contributed by atoms with Crippen molar-refractivity contribution in [1.82, 2.24) is 5.32 Å². The molecule has 0 saturated carbocycles. The fourth-order valence-electron chi connectivity index (χ4n) is 4.85. The van der Waals surface area contributed by atoms with Crippen molar-refractivity contribution in [1.29, 1.82) is 0 Å². The molecule has 4 rings (SSSR count). The van der Waals surface area contributed by atoms with Gasteiger partial charge in [-0.05, 0) is 31.4 Å². The maximum Gasteiger partial charge on any atom is 0.336 e. The maximum absolute atomic E-state index is 13.7. The molecule has 0 saturated heterocycles. The summed E-state index contributed by atoms with van der Waals surface area (Å²) in [6, 6.07) is 6.73. The lowest BCUT2D eigenvalue weighted by molar-refractivity contribution is -0.151. The second-order valence-electron chi connectivity index (χ2n) is 8.68. The zero-order chi connectivity index (χ0) is 25.3. The van der Waals surface area contributed by atoms with Crippen LogP contribution in [0.1, 0.15) is 31.7 Å². The van der Waals surface area contributed by atoms with Crippen LogP contribution >= 0.6 is 0 Å². The van der Waals surface area contributed by atoms with Crippen molar-refractivity contribution in [2.45, 2.75) is 26.2 Å². The van der Waals surface area contributed by atoms with E-state index >= 15 is 0 Å². The first-order valence-electron chi connectivity index (χ1n) is 11.3. The average molecular weight is 482 g/mol. The van der Waals surface area contributed by atoms with E-state index in [2.05, 4.69) is 5.32 Å². The molecular formula is C26H27NO8. The summed E-state index contributed by atoms with van der Waals surface area (Å²) in [5, 5.41) is 3.47. The van der Waals surface area contributed by atoms with Gasteiger partial charge in [0.05, 0.1) is 36.9 Å². The van der Waals surface area contributed by atoms with Gasteiger partial charge in [0.25, 0.3) is 0 Å². The molecule has 1 N–H and O–H groups in total. The molecule has 1 aromatic carbocycles. The number of benzene rings is 1. The molecule has 3 atom stereocenters. The van der Waals surface area contributed by atoms with Crippen molar-refractivity contribution < 1.29 is 33.0 Å². The Morgan fingerprint density at radius 1 is 1.14 bits per heavy atom. The summed E-state index contributed by atoms with van der Waals surface area (Å²) in [7, 11) is 2.71. The fraction of sp³-hybridized carbons (Fsp3) is 0.385. The Kier molecular flexibility index (Phi) is 6.88. The Balaban J connectivity index is 1.92. The van der Waals surface area contributed by atoms with Gasteiger partial charge < -0.3 is 23.9 Å². The third kappa shape index (κ3) is 4.27. The van der Waals surface area contributed by atoms with E-state index in [9.17, 15) is 19.2 Å². The SMILES string of the molecule is COCCOC(=O)C1=C(C)NC2=C(C(=O)[C@H](C(=O)OC)[C@H](C)C2)[C@@H]1c1coc2ccccc2c1=O. The Labute approximate surface area is 201 Å². The van der Waals surface area contributed by atoms with Crippen LogP contribution in [0.3, 0.4) is 0 Å². The molecule has 1 aliphatic heterocycles. The number of hydrogen-bond donors (Lipinski definition) is 1. The summed E-state index contributed by atoms with van der Waals surface area (Å²) in [6.07, 6.45) is 1.64. The lowest BCUT2D eigenvalue weighted by atomic mass is 9.69. The molecule has 0 unspecified atom stereocenters. The number of ketones is 1. The number of Topliss-reactive ketones (excluding diaryl/α,β-unsaturated/α-hetero) is 1. The molecule has 1 aromatic heterocycles. The average Bonchev–Trinajstić information content (AvgIpc) is 2.83. The molecule has 0 radical (unpaired) electrons. The summed E-state index contributed by atoms with van der Waals surface area (Å²) in [5.41, 5.74) is 1.42. The minimum absolute atomic E-state index is 0.00711. The molecule has 1 aliphatic carbocycles. The predicted octanol–water partition coefficient (Wildman–Crippen LogP) is 2.60. The van der Waals surface area contributed by atoms with Gasteiger partial charge in [0.1, 0.15) is 18.1 Å². The van der Waals surface area contributed by atoms with Crippen molar-refractivity contribution in [3.05, 3.63) is 68.9 Å². The van der Waals surface area contributed by atoms with Crippen molar-refractivity contribution >= 4 is 28.7 Å². The van der Waals surface area contributed by atoms with Gasteiger partial charge in [0, 0.05) is 29.6 Å². The number of dihydropyridines is 1. The summed E-state index contributed by atoms with van der Waals surface area (Å²) < 4.78 is 21.0. The number of hydrogen-bond acceptors (Lipinski definition) is 9. The number of ether oxygens (including phenoxy) is 3. The quantitative estimate of drug-likeness (QED) is 0.377. The van der Waals surface area contributed by atoms with Crippen LogP contribution in [-0.4, -0.2) is 45.2 Å². The molecule has 0 bridgehead atoms. The molecule has 35 heavy (non-hydrogen) atoms. The Bertz CT molecular complexity index is 1320. The Morgan fingerprint density at radius 3 is 2.60 bits per heavy atom. The standard InChI is InChI=1S/C26H27NO8/c1-13-11-17-22(24(29)19(13)25(30)33-4)21(20(14(2)27-17)26(31)34-10-9-32-3)16-12-35-18-8-6-5-7-15(18)23(16)28/h5-8,12-13,19,21,27H,9-11H2,1-4H3/t13-,19-,21-/m1/s1. The molecule has 0 amide bonds. The Morgan fingerprint density at radius 2 is 1.89 bits per heavy atom. The first-order valence-corrected chi connectivity index (χ1v) is 11.3. The summed E-state index contributed by atoms with van der Waals surface area (Å²) >= 11 is 0. The lowest BCUT2D eigenvalue weighted by Crippen LogP contribution is -2.44. The molecule has 9 nitrogen and oxygen atoms in total. The number of carbonyl (C=O) groups excluding carboxylic acids is 3. The molecule has 2 heterocycles. The van der Waals surface area contributed by atoms with Crippen molar-refractivity contribution in [2.24, 2.45) is 11.8 Å². The summed E-state index contributed by atoms with van der Waals surface area (Å²) in [5.74, 6) is -4.32. The molecule has 2 aliphatic rings. The molecule has 0 fully saturated rings. The maximum atomic E-state index is 13.7. The van der Waals surface area contributed by atoms with Crippen molar-refractivity contribution in [3.63, 3.8) is 0 Å². The van der Waals surface area contributed by atoms with E-state index in [1.165, 1.54) is 20.5 Å². The van der Waals surface area contributed by atoms with Gasteiger partial charge >= 0.3 is 11.9 Å². The van der Waals surface area contributed by atoms with Gasteiger partial charge in [-0.15, -0.1) is 0 Å². The number of rotatable bonds is 6. The van der Waals surface area contributed by atoms with E-state index in [0.29, 0.717) is 28.8 Å². The third-order valence-electron chi connectivity index (χ3n) is 6.50. The van der Waals surface area contributed by atoms with E-state index in [-0.39, 0.29) is 41.3 Å².